The van der Waals surface area contributed by atoms with E-state index in [9.17, 15) is 4.79 Å². The Kier molecular flexibility index (Phi) is 7.76. The molecule has 0 fully saturated rings. The van der Waals surface area contributed by atoms with E-state index in [-0.39, 0.29) is 5.91 Å². The molecule has 0 bridgehead atoms. The van der Waals surface area contributed by atoms with Gasteiger partial charge in [-0.25, -0.2) is 0 Å². The van der Waals surface area contributed by atoms with Gasteiger partial charge in [-0.15, -0.1) is 0 Å². The summed E-state index contributed by atoms with van der Waals surface area (Å²) in [6, 6.07) is 14.9. The van der Waals surface area contributed by atoms with Crippen molar-refractivity contribution in [2.24, 2.45) is 0 Å². The Bertz CT molecular complexity index is 688. The summed E-state index contributed by atoms with van der Waals surface area (Å²) in [4.78, 5) is 13.2. The molecule has 26 heavy (non-hydrogen) atoms. The third-order valence-corrected chi connectivity index (χ3v) is 3.75. The molecule has 0 aliphatic carbocycles. The summed E-state index contributed by atoms with van der Waals surface area (Å²) >= 11 is 0. The Hall–Kier alpha value is -2.73. The maximum atomic E-state index is 12.1. The molecule has 0 radical (unpaired) electrons. The van der Waals surface area contributed by atoms with Crippen LogP contribution in [0.1, 0.15) is 6.92 Å². The zero-order valence-corrected chi connectivity index (χ0v) is 15.6. The van der Waals surface area contributed by atoms with Crippen molar-refractivity contribution < 1.29 is 23.9 Å². The van der Waals surface area contributed by atoms with E-state index in [1.165, 1.54) is 0 Å². The largest absolute Gasteiger partial charge is 0.497 e. The molecule has 6 nitrogen and oxygen atoms in total. The van der Waals surface area contributed by atoms with Crippen LogP contribution in [0.2, 0.25) is 0 Å². The number of nitrogens with one attached hydrogen (secondary N) is 2. The van der Waals surface area contributed by atoms with Crippen LogP contribution in [0, 0.1) is 0 Å². The van der Waals surface area contributed by atoms with Gasteiger partial charge < -0.3 is 24.4 Å². The second-order valence-corrected chi connectivity index (χ2v) is 5.92. The van der Waals surface area contributed by atoms with Gasteiger partial charge >= 0.3 is 0 Å². The highest BCUT2D eigenvalue weighted by Crippen LogP contribution is 2.17. The third-order valence-electron chi connectivity index (χ3n) is 3.75. The van der Waals surface area contributed by atoms with Crippen molar-refractivity contribution in [2.75, 3.05) is 45.8 Å². The predicted octanol–water partition coefficient (Wildman–Crippen LogP) is 1.63. The lowest BCUT2D eigenvalue weighted by atomic mass is 10.3. The van der Waals surface area contributed by atoms with E-state index in [4.69, 9.17) is 14.2 Å². The average molecular weight is 359 g/mol. The van der Waals surface area contributed by atoms with E-state index in [2.05, 4.69) is 5.32 Å². The molecule has 6 heteroatoms. The molecule has 0 saturated carbocycles. The van der Waals surface area contributed by atoms with Gasteiger partial charge in [-0.1, -0.05) is 6.07 Å². The normalized spacial score (nSPS) is 11.5. The molecule has 2 aromatic carbocycles. The van der Waals surface area contributed by atoms with Crippen LogP contribution < -0.4 is 24.4 Å². The monoisotopic (exact) mass is 359 g/mol. The predicted molar refractivity (Wildman–Crippen MR) is 101 cm³/mol. The first-order valence-corrected chi connectivity index (χ1v) is 8.71. The van der Waals surface area contributed by atoms with Gasteiger partial charge in [-0.3, -0.25) is 4.79 Å². The average Bonchev–Trinajstić information content (AvgIpc) is 2.63. The fourth-order valence-electron chi connectivity index (χ4n) is 2.41. The van der Waals surface area contributed by atoms with Crippen molar-refractivity contribution >= 4 is 11.6 Å². The van der Waals surface area contributed by atoms with Gasteiger partial charge in [0.2, 0.25) is 0 Å². The Labute approximate surface area is 154 Å². The van der Waals surface area contributed by atoms with Gasteiger partial charge in [0.1, 0.15) is 30.4 Å². The molecule has 1 atom stereocenters. The number of ether oxygens (including phenoxy) is 3. The van der Waals surface area contributed by atoms with Crippen molar-refractivity contribution in [1.82, 2.24) is 0 Å². The molecular formula is C20H27N2O4+. The summed E-state index contributed by atoms with van der Waals surface area (Å²) in [6.07, 6.45) is 0. The summed E-state index contributed by atoms with van der Waals surface area (Å²) < 4.78 is 16.3. The summed E-state index contributed by atoms with van der Waals surface area (Å²) in [5.74, 6) is 2.29. The Morgan fingerprint density at radius 3 is 2.38 bits per heavy atom. The van der Waals surface area contributed by atoms with Crippen LogP contribution in [-0.4, -0.2) is 46.4 Å². The Morgan fingerprint density at radius 1 is 1.04 bits per heavy atom. The second-order valence-electron chi connectivity index (χ2n) is 5.92. The minimum Gasteiger partial charge on any atom is -0.497 e. The van der Waals surface area contributed by atoms with Crippen LogP contribution in [-0.2, 0) is 4.79 Å². The van der Waals surface area contributed by atoms with Gasteiger partial charge in [0.25, 0.3) is 5.91 Å². The van der Waals surface area contributed by atoms with Crippen LogP contribution in [0.25, 0.3) is 0 Å². The SMILES string of the molecule is CCOc1ccc(OCC[NH+](C)CC(=O)Nc2cccc(OC)c2)cc1. The van der Waals surface area contributed by atoms with Crippen LogP contribution in [0.3, 0.4) is 0 Å². The Morgan fingerprint density at radius 2 is 1.73 bits per heavy atom. The van der Waals surface area contributed by atoms with Crippen LogP contribution in [0.5, 0.6) is 17.2 Å². The molecule has 2 aromatic rings. The molecule has 2 rings (SSSR count). The van der Waals surface area contributed by atoms with Crippen LogP contribution >= 0.6 is 0 Å². The number of carbonyl (C=O) groups excluding carboxylic acids is 1. The molecule has 0 saturated heterocycles. The number of likely N-dealkylation sites (N-methyl/N-ethyl adjacent to an activating group) is 1. The summed E-state index contributed by atoms with van der Waals surface area (Å²) in [6.45, 7) is 4.22. The van der Waals surface area contributed by atoms with Gasteiger partial charge in [-0.05, 0) is 43.3 Å². The third kappa shape index (κ3) is 6.64. The van der Waals surface area contributed by atoms with Crippen molar-refractivity contribution in [3.8, 4) is 17.2 Å². The fraction of sp³-hybridized carbons (Fsp3) is 0.350. The zero-order chi connectivity index (χ0) is 18.8. The van der Waals surface area contributed by atoms with Gasteiger partial charge in [-0.2, -0.15) is 0 Å². The highest BCUT2D eigenvalue weighted by molar-refractivity contribution is 5.91. The first-order chi connectivity index (χ1) is 12.6. The molecule has 2 N–H and O–H groups in total. The lowest BCUT2D eigenvalue weighted by molar-refractivity contribution is -0.871. The number of benzene rings is 2. The highest BCUT2D eigenvalue weighted by Gasteiger charge is 2.10. The Balaban J connectivity index is 1.70. The van der Waals surface area contributed by atoms with Crippen molar-refractivity contribution in [3.63, 3.8) is 0 Å². The number of methoxy groups -OCH3 is 1. The topological polar surface area (TPSA) is 61.2 Å². The molecule has 1 amide bonds. The second kappa shape index (κ2) is 10.3. The molecule has 0 aliphatic rings. The van der Waals surface area contributed by atoms with Crippen LogP contribution in [0.4, 0.5) is 5.69 Å². The molecule has 0 heterocycles. The fourth-order valence-corrected chi connectivity index (χ4v) is 2.41. The maximum absolute atomic E-state index is 12.1. The molecule has 1 unspecified atom stereocenters. The molecular weight excluding hydrogens is 332 g/mol. The number of amides is 1. The first kappa shape index (κ1) is 19.6. The number of anilines is 1. The number of hydrogen-bond acceptors (Lipinski definition) is 4. The quantitative estimate of drug-likeness (QED) is 0.677. The number of rotatable bonds is 10. The zero-order valence-electron chi connectivity index (χ0n) is 15.6. The molecule has 0 spiro atoms. The number of hydrogen-bond donors (Lipinski definition) is 2. The minimum atomic E-state index is -0.0446. The highest BCUT2D eigenvalue weighted by atomic mass is 16.5. The van der Waals surface area contributed by atoms with E-state index >= 15 is 0 Å². The van der Waals surface area contributed by atoms with Crippen molar-refractivity contribution in [3.05, 3.63) is 48.5 Å². The smallest absolute Gasteiger partial charge is 0.279 e. The standard InChI is InChI=1S/C20H26N2O4/c1-4-25-17-8-10-18(11-9-17)26-13-12-22(2)15-20(23)21-16-6-5-7-19(14-16)24-3/h5-11,14H,4,12-13,15H2,1-3H3,(H,21,23)/p+1. The summed E-state index contributed by atoms with van der Waals surface area (Å²) in [5.41, 5.74) is 0.729. The molecule has 0 aromatic heterocycles. The van der Waals surface area contributed by atoms with Gasteiger partial charge in [0, 0.05) is 11.8 Å². The minimum absolute atomic E-state index is 0.0446. The lowest BCUT2D eigenvalue weighted by Gasteiger charge is -2.15. The summed E-state index contributed by atoms with van der Waals surface area (Å²) in [5, 5.41) is 2.88. The lowest BCUT2D eigenvalue weighted by Crippen LogP contribution is -3.10. The van der Waals surface area contributed by atoms with Crippen molar-refractivity contribution in [1.29, 1.82) is 0 Å². The number of carbonyl (C=O) groups is 1. The first-order valence-electron chi connectivity index (χ1n) is 8.71. The van der Waals surface area contributed by atoms with E-state index < -0.39 is 0 Å². The van der Waals surface area contributed by atoms with E-state index in [1.807, 2.05) is 56.4 Å². The van der Waals surface area contributed by atoms with Gasteiger partial charge in [0.05, 0.1) is 20.8 Å². The molecule has 0 aliphatic heterocycles. The van der Waals surface area contributed by atoms with Crippen molar-refractivity contribution in [2.45, 2.75) is 6.92 Å². The number of quaternary nitrogens is 1. The van der Waals surface area contributed by atoms with E-state index in [0.717, 1.165) is 28.6 Å². The molecule has 140 valence electrons. The van der Waals surface area contributed by atoms with Crippen LogP contribution in [0.15, 0.2) is 48.5 Å². The van der Waals surface area contributed by atoms with E-state index in [1.54, 1.807) is 13.2 Å². The summed E-state index contributed by atoms with van der Waals surface area (Å²) in [7, 11) is 3.57. The van der Waals surface area contributed by atoms with E-state index in [0.29, 0.717) is 25.5 Å². The maximum Gasteiger partial charge on any atom is 0.279 e. The van der Waals surface area contributed by atoms with Gasteiger partial charge in [0.15, 0.2) is 6.54 Å².